The van der Waals surface area contributed by atoms with E-state index in [1.165, 1.54) is 0 Å². The second kappa shape index (κ2) is 7.04. The molecule has 124 valence electrons. The van der Waals surface area contributed by atoms with Crippen molar-refractivity contribution in [2.75, 3.05) is 6.61 Å². The Bertz CT molecular complexity index is 731. The SMILES string of the molecule is O=C(O)[C@H](Cc1ccccc1)NC(=O)[C@@H]1COc2ccccc2O1. The topological polar surface area (TPSA) is 84.9 Å². The molecule has 2 atom stereocenters. The highest BCUT2D eigenvalue weighted by molar-refractivity contribution is 5.87. The largest absolute Gasteiger partial charge is 0.485 e. The van der Waals surface area contributed by atoms with Crippen LogP contribution >= 0.6 is 0 Å². The van der Waals surface area contributed by atoms with Crippen molar-refractivity contribution in [2.24, 2.45) is 0 Å². The molecule has 1 aliphatic heterocycles. The molecular weight excluding hydrogens is 310 g/mol. The van der Waals surface area contributed by atoms with Crippen LogP contribution in [-0.4, -0.2) is 35.7 Å². The van der Waals surface area contributed by atoms with Gasteiger partial charge in [0.1, 0.15) is 12.6 Å². The predicted molar refractivity (Wildman–Crippen MR) is 86.1 cm³/mol. The molecule has 0 aromatic heterocycles. The first-order valence-corrected chi connectivity index (χ1v) is 7.59. The van der Waals surface area contributed by atoms with Crippen LogP contribution in [0.2, 0.25) is 0 Å². The van der Waals surface area contributed by atoms with Crippen LogP contribution in [0.4, 0.5) is 0 Å². The number of carbonyl (C=O) groups excluding carboxylic acids is 1. The molecule has 0 aliphatic carbocycles. The number of carboxylic acids is 1. The van der Waals surface area contributed by atoms with Gasteiger partial charge in [0.25, 0.3) is 5.91 Å². The van der Waals surface area contributed by atoms with Gasteiger partial charge in [0.15, 0.2) is 11.5 Å². The average Bonchev–Trinajstić information content (AvgIpc) is 2.61. The van der Waals surface area contributed by atoms with E-state index < -0.39 is 24.0 Å². The molecule has 3 rings (SSSR count). The number of rotatable bonds is 5. The first-order valence-electron chi connectivity index (χ1n) is 7.59. The minimum absolute atomic E-state index is 0.0422. The standard InChI is InChI=1S/C18H17NO5/c20-17(16-11-23-14-8-4-5-9-15(14)24-16)19-13(18(21)22)10-12-6-2-1-3-7-12/h1-9,13,16H,10-11H2,(H,19,20)(H,21,22)/t13-,16-/m0/s1. The molecule has 0 spiro atoms. The Morgan fingerprint density at radius 2 is 1.75 bits per heavy atom. The zero-order chi connectivity index (χ0) is 16.9. The number of benzene rings is 2. The summed E-state index contributed by atoms with van der Waals surface area (Å²) in [5.41, 5.74) is 0.830. The molecule has 1 amide bonds. The second-order valence-corrected chi connectivity index (χ2v) is 5.45. The van der Waals surface area contributed by atoms with Gasteiger partial charge in [-0.15, -0.1) is 0 Å². The Labute approximate surface area is 139 Å². The van der Waals surface area contributed by atoms with Crippen molar-refractivity contribution in [1.29, 1.82) is 0 Å². The third kappa shape index (κ3) is 3.65. The van der Waals surface area contributed by atoms with E-state index in [9.17, 15) is 14.7 Å². The monoisotopic (exact) mass is 327 g/mol. The van der Waals surface area contributed by atoms with Crippen molar-refractivity contribution in [3.8, 4) is 11.5 Å². The first kappa shape index (κ1) is 15.9. The molecular formula is C18H17NO5. The van der Waals surface area contributed by atoms with E-state index in [2.05, 4.69) is 5.32 Å². The molecule has 1 aliphatic rings. The van der Waals surface area contributed by atoms with E-state index in [1.807, 2.05) is 36.4 Å². The number of fused-ring (bicyclic) bond motifs is 1. The van der Waals surface area contributed by atoms with Gasteiger partial charge < -0.3 is 19.9 Å². The van der Waals surface area contributed by atoms with Crippen LogP contribution < -0.4 is 14.8 Å². The number of ether oxygens (including phenoxy) is 2. The van der Waals surface area contributed by atoms with Gasteiger partial charge in [-0.2, -0.15) is 0 Å². The maximum Gasteiger partial charge on any atom is 0.326 e. The highest BCUT2D eigenvalue weighted by Gasteiger charge is 2.30. The molecule has 2 N–H and O–H groups in total. The molecule has 0 saturated carbocycles. The Kier molecular flexibility index (Phi) is 4.65. The van der Waals surface area contributed by atoms with Gasteiger partial charge in [-0.1, -0.05) is 42.5 Å². The lowest BCUT2D eigenvalue weighted by Gasteiger charge is -2.26. The summed E-state index contributed by atoms with van der Waals surface area (Å²) in [7, 11) is 0. The van der Waals surface area contributed by atoms with Crippen LogP contribution in [0.15, 0.2) is 54.6 Å². The lowest BCUT2D eigenvalue weighted by Crippen LogP contribution is -2.50. The summed E-state index contributed by atoms with van der Waals surface area (Å²) < 4.78 is 11.1. The van der Waals surface area contributed by atoms with E-state index in [0.29, 0.717) is 11.5 Å². The molecule has 0 bridgehead atoms. The Morgan fingerprint density at radius 3 is 2.46 bits per heavy atom. The van der Waals surface area contributed by atoms with Crippen LogP contribution in [0.3, 0.4) is 0 Å². The second-order valence-electron chi connectivity index (χ2n) is 5.45. The van der Waals surface area contributed by atoms with Gasteiger partial charge in [0.05, 0.1) is 0 Å². The van der Waals surface area contributed by atoms with Crippen LogP contribution in [0, 0.1) is 0 Å². The lowest BCUT2D eigenvalue weighted by atomic mass is 10.1. The fourth-order valence-corrected chi connectivity index (χ4v) is 2.46. The van der Waals surface area contributed by atoms with Crippen molar-refractivity contribution < 1.29 is 24.2 Å². The summed E-state index contributed by atoms with van der Waals surface area (Å²) in [6.45, 7) is 0.0422. The summed E-state index contributed by atoms with van der Waals surface area (Å²) in [4.78, 5) is 23.8. The minimum Gasteiger partial charge on any atom is -0.485 e. The highest BCUT2D eigenvalue weighted by Crippen LogP contribution is 2.30. The maximum atomic E-state index is 12.3. The molecule has 24 heavy (non-hydrogen) atoms. The Morgan fingerprint density at radius 1 is 1.08 bits per heavy atom. The summed E-state index contributed by atoms with van der Waals surface area (Å²) in [5.74, 6) is -0.559. The van der Waals surface area contributed by atoms with Gasteiger partial charge in [-0.25, -0.2) is 4.79 Å². The van der Waals surface area contributed by atoms with Crippen molar-refractivity contribution in [3.63, 3.8) is 0 Å². The van der Waals surface area contributed by atoms with E-state index in [-0.39, 0.29) is 13.0 Å². The van der Waals surface area contributed by atoms with E-state index in [1.54, 1.807) is 18.2 Å². The first-order chi connectivity index (χ1) is 11.6. The number of aliphatic carboxylic acids is 1. The van der Waals surface area contributed by atoms with Crippen molar-refractivity contribution in [2.45, 2.75) is 18.6 Å². The molecule has 1 heterocycles. The third-order valence-electron chi connectivity index (χ3n) is 3.70. The number of hydrogen-bond donors (Lipinski definition) is 2. The van der Waals surface area contributed by atoms with Gasteiger partial charge in [-0.05, 0) is 17.7 Å². The van der Waals surface area contributed by atoms with Crippen LogP contribution in [0.1, 0.15) is 5.56 Å². The van der Waals surface area contributed by atoms with E-state index in [0.717, 1.165) is 5.56 Å². The molecule has 0 saturated heterocycles. The zero-order valence-corrected chi connectivity index (χ0v) is 12.8. The highest BCUT2D eigenvalue weighted by atomic mass is 16.6. The van der Waals surface area contributed by atoms with Gasteiger partial charge in [0.2, 0.25) is 6.10 Å². The van der Waals surface area contributed by atoms with E-state index >= 15 is 0 Å². The van der Waals surface area contributed by atoms with Crippen molar-refractivity contribution in [1.82, 2.24) is 5.32 Å². The molecule has 0 radical (unpaired) electrons. The molecule has 0 fully saturated rings. The summed E-state index contributed by atoms with van der Waals surface area (Å²) in [5, 5.41) is 11.9. The normalized spacial score (nSPS) is 16.9. The predicted octanol–water partition coefficient (Wildman–Crippen LogP) is 1.64. The summed E-state index contributed by atoms with van der Waals surface area (Å²) in [6, 6.07) is 15.1. The molecule has 2 aromatic rings. The zero-order valence-electron chi connectivity index (χ0n) is 12.8. The van der Waals surface area contributed by atoms with E-state index in [4.69, 9.17) is 9.47 Å². The Hall–Kier alpha value is -3.02. The van der Waals surface area contributed by atoms with Gasteiger partial charge in [0, 0.05) is 6.42 Å². The fraction of sp³-hybridized carbons (Fsp3) is 0.222. The molecule has 6 nitrogen and oxygen atoms in total. The number of carbonyl (C=O) groups is 2. The van der Waals surface area contributed by atoms with Gasteiger partial charge in [-0.3, -0.25) is 4.79 Å². The summed E-state index contributed by atoms with van der Waals surface area (Å²) >= 11 is 0. The van der Waals surface area contributed by atoms with Crippen molar-refractivity contribution >= 4 is 11.9 Å². The smallest absolute Gasteiger partial charge is 0.326 e. The van der Waals surface area contributed by atoms with Crippen molar-refractivity contribution in [3.05, 3.63) is 60.2 Å². The van der Waals surface area contributed by atoms with Crippen LogP contribution in [-0.2, 0) is 16.0 Å². The number of hydrogen-bond acceptors (Lipinski definition) is 4. The van der Waals surface area contributed by atoms with Crippen LogP contribution in [0.5, 0.6) is 11.5 Å². The lowest BCUT2D eigenvalue weighted by molar-refractivity contribution is -0.143. The number of para-hydroxylation sites is 2. The summed E-state index contributed by atoms with van der Waals surface area (Å²) in [6.07, 6.45) is -0.677. The number of carboxylic acid groups (broad SMARTS) is 1. The minimum atomic E-state index is -1.09. The van der Waals surface area contributed by atoms with Crippen LogP contribution in [0.25, 0.3) is 0 Å². The molecule has 6 heteroatoms. The maximum absolute atomic E-state index is 12.3. The molecule has 0 unspecified atom stereocenters. The third-order valence-corrected chi connectivity index (χ3v) is 3.70. The Balaban J connectivity index is 1.65. The molecule has 2 aromatic carbocycles. The average molecular weight is 327 g/mol. The number of amides is 1. The quantitative estimate of drug-likeness (QED) is 0.872. The number of nitrogens with one attached hydrogen (secondary N) is 1. The van der Waals surface area contributed by atoms with Gasteiger partial charge >= 0.3 is 5.97 Å². The fourth-order valence-electron chi connectivity index (χ4n) is 2.46.